The topological polar surface area (TPSA) is 8.17 Å². The summed E-state index contributed by atoms with van der Waals surface area (Å²) < 4.78 is 2.39. The third kappa shape index (κ3) is 6.61. The molecule has 0 N–H and O–H groups in total. The monoisotopic (exact) mass is 814 g/mol. The summed E-state index contributed by atoms with van der Waals surface area (Å²) in [5.41, 5.74) is 16.5. The van der Waals surface area contributed by atoms with Gasteiger partial charge < -0.3 is 9.47 Å². The van der Waals surface area contributed by atoms with Gasteiger partial charge in [0.2, 0.25) is 0 Å². The lowest BCUT2D eigenvalue weighted by Crippen LogP contribution is -2.10. The van der Waals surface area contributed by atoms with Crippen LogP contribution in [0, 0.1) is 0 Å². The minimum Gasteiger partial charge on any atom is -0.310 e. The van der Waals surface area contributed by atoms with Gasteiger partial charge in [0.25, 0.3) is 0 Å². The van der Waals surface area contributed by atoms with E-state index in [0.717, 1.165) is 22.7 Å². The lowest BCUT2D eigenvalue weighted by atomic mass is 9.91. The van der Waals surface area contributed by atoms with Crippen LogP contribution in [-0.2, 0) is 0 Å². The molecule has 0 fully saturated rings. The van der Waals surface area contributed by atoms with Gasteiger partial charge in [0.05, 0.1) is 11.0 Å². The average Bonchev–Trinajstić information content (AvgIpc) is 3.71. The Balaban J connectivity index is 0.939. The lowest BCUT2D eigenvalue weighted by molar-refractivity contribution is 1.18. The van der Waals surface area contributed by atoms with E-state index in [1.54, 1.807) is 0 Å². The molecule has 2 heteroatoms. The van der Waals surface area contributed by atoms with Crippen LogP contribution in [0.2, 0.25) is 0 Å². The van der Waals surface area contributed by atoms with E-state index in [4.69, 9.17) is 0 Å². The summed E-state index contributed by atoms with van der Waals surface area (Å²) in [5.74, 6) is 0. The van der Waals surface area contributed by atoms with Crippen LogP contribution in [0.4, 0.5) is 17.1 Å². The fraction of sp³-hybridized carbons (Fsp3) is 0. The second-order valence-electron chi connectivity index (χ2n) is 16.5. The Kier molecular flexibility index (Phi) is 9.20. The van der Waals surface area contributed by atoms with Crippen molar-refractivity contribution in [3.8, 4) is 50.2 Å². The third-order valence-electron chi connectivity index (χ3n) is 12.7. The number of anilines is 3. The van der Waals surface area contributed by atoms with E-state index < -0.39 is 0 Å². The van der Waals surface area contributed by atoms with Gasteiger partial charge in [-0.15, -0.1) is 0 Å². The molecule has 0 aliphatic rings. The van der Waals surface area contributed by atoms with Crippen LogP contribution >= 0.6 is 0 Å². The van der Waals surface area contributed by atoms with E-state index in [1.807, 2.05) is 0 Å². The molecule has 1 aromatic heterocycles. The molecule has 0 radical (unpaired) electrons. The van der Waals surface area contributed by atoms with Crippen LogP contribution in [0.25, 0.3) is 93.5 Å². The number of aromatic nitrogens is 1. The van der Waals surface area contributed by atoms with Gasteiger partial charge in [-0.1, -0.05) is 188 Å². The van der Waals surface area contributed by atoms with Gasteiger partial charge in [-0.05, 0) is 133 Å². The normalized spacial score (nSPS) is 11.4. The molecule has 0 saturated carbocycles. The number of nitrogens with zero attached hydrogens (tertiary/aromatic N) is 2. The van der Waals surface area contributed by atoms with Crippen molar-refractivity contribution in [2.24, 2.45) is 0 Å². The van der Waals surface area contributed by atoms with Gasteiger partial charge in [0, 0.05) is 33.5 Å². The van der Waals surface area contributed by atoms with Gasteiger partial charge in [-0.25, -0.2) is 0 Å². The van der Waals surface area contributed by atoms with Gasteiger partial charge in [-0.2, -0.15) is 0 Å². The quantitative estimate of drug-likeness (QED) is 0.148. The van der Waals surface area contributed by atoms with Crippen molar-refractivity contribution in [2.75, 3.05) is 4.90 Å². The fourth-order valence-corrected chi connectivity index (χ4v) is 9.71. The zero-order valence-corrected chi connectivity index (χ0v) is 35.1. The van der Waals surface area contributed by atoms with Crippen LogP contribution in [0.3, 0.4) is 0 Å². The molecule has 0 spiro atoms. The smallest absolute Gasteiger partial charge is 0.0541 e. The summed E-state index contributed by atoms with van der Waals surface area (Å²) in [6, 6.07) is 92.6. The Morgan fingerprint density at radius 1 is 0.266 bits per heavy atom. The lowest BCUT2D eigenvalue weighted by Gasteiger charge is -2.27. The van der Waals surface area contributed by atoms with E-state index in [-0.39, 0.29) is 0 Å². The summed E-state index contributed by atoms with van der Waals surface area (Å²) >= 11 is 0. The average molecular weight is 815 g/mol. The van der Waals surface area contributed by atoms with Crippen molar-refractivity contribution in [1.82, 2.24) is 4.57 Å². The number of para-hydroxylation sites is 2. The molecule has 0 amide bonds. The van der Waals surface area contributed by atoms with E-state index in [1.165, 1.54) is 87.9 Å². The highest BCUT2D eigenvalue weighted by molar-refractivity contribution is 6.09. The second-order valence-corrected chi connectivity index (χ2v) is 16.5. The van der Waals surface area contributed by atoms with E-state index in [2.05, 4.69) is 264 Å². The first-order valence-electron chi connectivity index (χ1n) is 22.0. The van der Waals surface area contributed by atoms with Crippen molar-refractivity contribution >= 4 is 60.4 Å². The number of benzene rings is 11. The van der Waals surface area contributed by atoms with E-state index in [9.17, 15) is 0 Å². The first-order chi connectivity index (χ1) is 31.7. The third-order valence-corrected chi connectivity index (χ3v) is 12.7. The SMILES string of the molecule is c1ccc(-c2cccc(N(c3ccc(-c4cccc5cccc(-c6ccccc6)c45)cc3)c3ccc4cc(-c5cccc(-n6c7ccccc7c7ccccc76)c5)ccc4c3)c2)cc1. The zero-order valence-electron chi connectivity index (χ0n) is 35.1. The summed E-state index contributed by atoms with van der Waals surface area (Å²) in [7, 11) is 0. The van der Waals surface area contributed by atoms with Gasteiger partial charge in [-0.3, -0.25) is 0 Å². The molecular formula is C62H42N2. The van der Waals surface area contributed by atoms with Gasteiger partial charge in [0.15, 0.2) is 0 Å². The molecule has 300 valence electrons. The predicted molar refractivity (Wildman–Crippen MR) is 272 cm³/mol. The molecule has 2 nitrogen and oxygen atoms in total. The van der Waals surface area contributed by atoms with E-state index >= 15 is 0 Å². The molecule has 0 aliphatic heterocycles. The van der Waals surface area contributed by atoms with Crippen LogP contribution < -0.4 is 4.90 Å². The first-order valence-corrected chi connectivity index (χ1v) is 22.0. The predicted octanol–water partition coefficient (Wildman–Crippen LogP) is 17.2. The van der Waals surface area contributed by atoms with Crippen molar-refractivity contribution < 1.29 is 0 Å². The van der Waals surface area contributed by atoms with Crippen molar-refractivity contribution in [3.63, 3.8) is 0 Å². The molecule has 12 rings (SSSR count). The number of hydrogen-bond acceptors (Lipinski definition) is 1. The Morgan fingerprint density at radius 3 is 1.45 bits per heavy atom. The maximum Gasteiger partial charge on any atom is 0.0541 e. The van der Waals surface area contributed by atoms with E-state index in [0.29, 0.717) is 0 Å². The molecule has 0 unspecified atom stereocenters. The van der Waals surface area contributed by atoms with Crippen molar-refractivity contribution in [3.05, 3.63) is 255 Å². The highest BCUT2D eigenvalue weighted by atomic mass is 15.1. The summed E-state index contributed by atoms with van der Waals surface area (Å²) in [6.45, 7) is 0. The maximum absolute atomic E-state index is 2.39. The zero-order chi connectivity index (χ0) is 42.4. The molecule has 0 saturated heterocycles. The van der Waals surface area contributed by atoms with Crippen LogP contribution in [0.1, 0.15) is 0 Å². The number of hydrogen-bond donors (Lipinski definition) is 0. The van der Waals surface area contributed by atoms with Crippen LogP contribution in [0.5, 0.6) is 0 Å². The molecule has 0 aliphatic carbocycles. The summed E-state index contributed by atoms with van der Waals surface area (Å²) in [5, 5.41) is 7.42. The van der Waals surface area contributed by atoms with Crippen LogP contribution in [-0.4, -0.2) is 4.57 Å². The minimum absolute atomic E-state index is 1.09. The largest absolute Gasteiger partial charge is 0.310 e. The maximum atomic E-state index is 2.39. The molecule has 0 bridgehead atoms. The molecule has 1 heterocycles. The standard InChI is InChI=1S/C62H42N2/c1-3-15-43(16-4-1)47-21-11-23-53(40-47)63(52-36-33-45(34-37-52)57-28-14-20-46-19-13-27-56(62(46)57)44-17-5-2-6-18-44)55-38-35-50-39-49(31-32-51(50)42-55)48-22-12-24-54(41-48)64-60-29-9-7-25-58(60)59-26-8-10-30-61(59)64/h1-42H. The van der Waals surface area contributed by atoms with Crippen LogP contribution in [0.15, 0.2) is 255 Å². The van der Waals surface area contributed by atoms with Gasteiger partial charge >= 0.3 is 0 Å². The van der Waals surface area contributed by atoms with Crippen molar-refractivity contribution in [1.29, 1.82) is 0 Å². The fourth-order valence-electron chi connectivity index (χ4n) is 9.71. The first kappa shape index (κ1) is 37.3. The molecule has 64 heavy (non-hydrogen) atoms. The minimum atomic E-state index is 1.09. The highest BCUT2D eigenvalue weighted by Crippen LogP contribution is 2.42. The number of fused-ring (bicyclic) bond motifs is 5. The Hall–Kier alpha value is -8.46. The summed E-state index contributed by atoms with van der Waals surface area (Å²) in [6.07, 6.45) is 0. The molecule has 12 aromatic rings. The highest BCUT2D eigenvalue weighted by Gasteiger charge is 2.17. The molecule has 11 aromatic carbocycles. The second kappa shape index (κ2) is 15.8. The summed E-state index contributed by atoms with van der Waals surface area (Å²) in [4.78, 5) is 2.39. The van der Waals surface area contributed by atoms with Crippen molar-refractivity contribution in [2.45, 2.75) is 0 Å². The van der Waals surface area contributed by atoms with Gasteiger partial charge in [0.1, 0.15) is 0 Å². The number of rotatable bonds is 8. The molecule has 0 atom stereocenters. The Bertz CT molecular complexity index is 3600. The molecular weight excluding hydrogens is 773 g/mol. The Morgan fingerprint density at radius 2 is 0.750 bits per heavy atom. The Labute approximate surface area is 373 Å².